The molecule has 0 aromatic heterocycles. The minimum atomic E-state index is 0.746. The van der Waals surface area contributed by atoms with E-state index in [0.717, 1.165) is 16.8 Å². The highest BCUT2D eigenvalue weighted by Gasteiger charge is 1.88. The van der Waals surface area contributed by atoms with Crippen LogP contribution in [0, 0.1) is 18.8 Å². The van der Waals surface area contributed by atoms with Gasteiger partial charge in [0.2, 0.25) is 0 Å². The van der Waals surface area contributed by atoms with Gasteiger partial charge < -0.3 is 5.73 Å². The Kier molecular flexibility index (Phi) is 2.93. The molecule has 1 nitrogen and oxygen atoms in total. The van der Waals surface area contributed by atoms with E-state index in [9.17, 15) is 0 Å². The van der Waals surface area contributed by atoms with Crippen molar-refractivity contribution >= 4 is 5.69 Å². The molecule has 0 unspecified atom stereocenters. The number of rotatable bonds is 0. The Hall–Kier alpha value is -2.20. The van der Waals surface area contributed by atoms with Gasteiger partial charge in [-0.2, -0.15) is 0 Å². The number of benzene rings is 2. The Morgan fingerprint density at radius 2 is 1.56 bits per heavy atom. The molecule has 0 amide bonds. The normalized spacial score (nSPS) is 9.31. The van der Waals surface area contributed by atoms with Crippen LogP contribution in [-0.2, 0) is 0 Å². The number of anilines is 1. The van der Waals surface area contributed by atoms with Crippen LogP contribution >= 0.6 is 0 Å². The summed E-state index contributed by atoms with van der Waals surface area (Å²) >= 11 is 0. The molecule has 0 heterocycles. The summed E-state index contributed by atoms with van der Waals surface area (Å²) in [6, 6.07) is 15.8. The van der Waals surface area contributed by atoms with Crippen molar-refractivity contribution in [2.24, 2.45) is 0 Å². The first-order valence-corrected chi connectivity index (χ1v) is 5.18. The van der Waals surface area contributed by atoms with E-state index in [-0.39, 0.29) is 0 Å². The number of aryl methyl sites for hydroxylation is 1. The second-order valence-corrected chi connectivity index (χ2v) is 3.74. The SMILES string of the molecule is Cc1ccc(C#Cc2cccc(N)c2)cc1. The largest absolute Gasteiger partial charge is 0.399 e. The van der Waals surface area contributed by atoms with E-state index < -0.39 is 0 Å². The third-order valence-corrected chi connectivity index (χ3v) is 2.29. The number of nitrogens with two attached hydrogens (primary N) is 1. The van der Waals surface area contributed by atoms with Crippen LogP contribution in [-0.4, -0.2) is 0 Å². The smallest absolute Gasteiger partial charge is 0.0326 e. The number of hydrogen-bond acceptors (Lipinski definition) is 1. The lowest BCUT2D eigenvalue weighted by molar-refractivity contribution is 1.46. The second-order valence-electron chi connectivity index (χ2n) is 3.74. The van der Waals surface area contributed by atoms with Crippen molar-refractivity contribution in [2.75, 3.05) is 5.73 Å². The number of nitrogen functional groups attached to an aromatic ring is 1. The molecule has 0 atom stereocenters. The van der Waals surface area contributed by atoms with E-state index in [0.29, 0.717) is 0 Å². The highest BCUT2D eigenvalue weighted by molar-refractivity contribution is 5.49. The average molecular weight is 207 g/mol. The fraction of sp³-hybridized carbons (Fsp3) is 0.0667. The maximum Gasteiger partial charge on any atom is 0.0326 e. The van der Waals surface area contributed by atoms with Crippen LogP contribution in [0.2, 0.25) is 0 Å². The van der Waals surface area contributed by atoms with Crippen molar-refractivity contribution in [2.45, 2.75) is 6.92 Å². The maximum atomic E-state index is 5.68. The summed E-state index contributed by atoms with van der Waals surface area (Å²) in [5.74, 6) is 6.20. The van der Waals surface area contributed by atoms with Crippen molar-refractivity contribution in [1.82, 2.24) is 0 Å². The van der Waals surface area contributed by atoms with E-state index in [2.05, 4.69) is 30.9 Å². The van der Waals surface area contributed by atoms with Gasteiger partial charge in [0.15, 0.2) is 0 Å². The van der Waals surface area contributed by atoms with Gasteiger partial charge in [0, 0.05) is 16.8 Å². The maximum absolute atomic E-state index is 5.68. The van der Waals surface area contributed by atoms with Gasteiger partial charge in [0.25, 0.3) is 0 Å². The molecule has 0 spiro atoms. The van der Waals surface area contributed by atoms with E-state index in [1.54, 1.807) is 0 Å². The minimum Gasteiger partial charge on any atom is -0.399 e. The summed E-state index contributed by atoms with van der Waals surface area (Å²) in [4.78, 5) is 0. The van der Waals surface area contributed by atoms with Crippen LogP contribution in [0.3, 0.4) is 0 Å². The Labute approximate surface area is 95.9 Å². The summed E-state index contributed by atoms with van der Waals surface area (Å²) in [5, 5.41) is 0. The highest BCUT2D eigenvalue weighted by atomic mass is 14.5. The van der Waals surface area contributed by atoms with Crippen LogP contribution < -0.4 is 5.73 Å². The third-order valence-electron chi connectivity index (χ3n) is 2.29. The van der Waals surface area contributed by atoms with Crippen molar-refractivity contribution in [3.8, 4) is 11.8 Å². The van der Waals surface area contributed by atoms with E-state index in [4.69, 9.17) is 5.73 Å². The zero-order valence-electron chi connectivity index (χ0n) is 9.20. The molecule has 0 aliphatic heterocycles. The van der Waals surface area contributed by atoms with Gasteiger partial charge >= 0.3 is 0 Å². The Balaban J connectivity index is 2.25. The number of hydrogen-bond donors (Lipinski definition) is 1. The van der Waals surface area contributed by atoms with Gasteiger partial charge in [0.1, 0.15) is 0 Å². The first-order valence-electron chi connectivity index (χ1n) is 5.18. The van der Waals surface area contributed by atoms with Crippen LogP contribution in [0.25, 0.3) is 0 Å². The van der Waals surface area contributed by atoms with Crippen LogP contribution in [0.5, 0.6) is 0 Å². The molecule has 2 rings (SSSR count). The summed E-state index contributed by atoms with van der Waals surface area (Å²) in [7, 11) is 0. The molecule has 0 saturated carbocycles. The molecule has 0 aliphatic carbocycles. The lowest BCUT2D eigenvalue weighted by Gasteiger charge is -1.93. The topological polar surface area (TPSA) is 26.0 Å². The third kappa shape index (κ3) is 2.65. The molecule has 2 aromatic rings. The first kappa shape index (κ1) is 10.3. The molecule has 0 radical (unpaired) electrons. The zero-order chi connectivity index (χ0) is 11.4. The molecule has 0 fully saturated rings. The fourth-order valence-corrected chi connectivity index (χ4v) is 1.40. The van der Waals surface area contributed by atoms with Gasteiger partial charge in [-0.1, -0.05) is 35.6 Å². The average Bonchev–Trinajstić information content (AvgIpc) is 2.28. The second kappa shape index (κ2) is 4.55. The summed E-state index contributed by atoms with van der Waals surface area (Å²) in [6.07, 6.45) is 0. The Morgan fingerprint density at radius 1 is 0.875 bits per heavy atom. The molecule has 0 aliphatic rings. The molecule has 2 aromatic carbocycles. The van der Waals surface area contributed by atoms with Crippen molar-refractivity contribution in [3.63, 3.8) is 0 Å². The molecule has 2 N–H and O–H groups in total. The standard InChI is InChI=1S/C15H13N/c1-12-5-7-13(8-6-12)9-10-14-3-2-4-15(16)11-14/h2-8,11H,16H2,1H3. The molecule has 1 heteroatoms. The fourth-order valence-electron chi connectivity index (χ4n) is 1.40. The van der Waals surface area contributed by atoms with Crippen LogP contribution in [0.1, 0.15) is 16.7 Å². The van der Waals surface area contributed by atoms with Crippen molar-refractivity contribution in [1.29, 1.82) is 0 Å². The lowest BCUT2D eigenvalue weighted by atomic mass is 10.1. The van der Waals surface area contributed by atoms with Gasteiger partial charge in [-0.25, -0.2) is 0 Å². The van der Waals surface area contributed by atoms with Gasteiger partial charge in [-0.05, 0) is 37.3 Å². The molecule has 0 saturated heterocycles. The first-order chi connectivity index (χ1) is 7.74. The molecular formula is C15H13N. The van der Waals surface area contributed by atoms with E-state index in [1.165, 1.54) is 5.56 Å². The zero-order valence-corrected chi connectivity index (χ0v) is 9.20. The van der Waals surface area contributed by atoms with Crippen LogP contribution in [0.15, 0.2) is 48.5 Å². The predicted octanol–water partition coefficient (Wildman–Crippen LogP) is 2.98. The van der Waals surface area contributed by atoms with Gasteiger partial charge in [-0.15, -0.1) is 0 Å². The quantitative estimate of drug-likeness (QED) is 0.521. The van der Waals surface area contributed by atoms with Gasteiger partial charge in [0.05, 0.1) is 0 Å². The molecule has 78 valence electrons. The van der Waals surface area contributed by atoms with E-state index >= 15 is 0 Å². The molecule has 16 heavy (non-hydrogen) atoms. The van der Waals surface area contributed by atoms with Crippen molar-refractivity contribution in [3.05, 3.63) is 65.2 Å². The molecule has 0 bridgehead atoms. The molecular weight excluding hydrogens is 194 g/mol. The van der Waals surface area contributed by atoms with Crippen molar-refractivity contribution < 1.29 is 0 Å². The summed E-state index contributed by atoms with van der Waals surface area (Å²) in [6.45, 7) is 2.06. The lowest BCUT2D eigenvalue weighted by Crippen LogP contribution is -1.84. The Morgan fingerprint density at radius 3 is 2.25 bits per heavy atom. The minimum absolute atomic E-state index is 0.746. The summed E-state index contributed by atoms with van der Waals surface area (Å²) in [5.41, 5.74) is 9.64. The monoisotopic (exact) mass is 207 g/mol. The van der Waals surface area contributed by atoms with E-state index in [1.807, 2.05) is 36.4 Å². The summed E-state index contributed by atoms with van der Waals surface area (Å²) < 4.78 is 0. The van der Waals surface area contributed by atoms with Crippen LogP contribution in [0.4, 0.5) is 5.69 Å². The predicted molar refractivity (Wildman–Crippen MR) is 68.0 cm³/mol. The van der Waals surface area contributed by atoms with Gasteiger partial charge in [-0.3, -0.25) is 0 Å². The highest BCUT2D eigenvalue weighted by Crippen LogP contribution is 2.06. The Bertz CT molecular complexity index is 542.